The maximum atomic E-state index is 6.53. The summed E-state index contributed by atoms with van der Waals surface area (Å²) in [6.45, 7) is 0. The minimum Gasteiger partial charge on any atom is -0.456 e. The summed E-state index contributed by atoms with van der Waals surface area (Å²) in [5.74, 6) is 1.63. The Morgan fingerprint density at radius 1 is 0.396 bits per heavy atom. The lowest BCUT2D eigenvalue weighted by atomic mass is 9.89. The molecule has 9 rings (SSSR count). The van der Waals surface area contributed by atoms with Gasteiger partial charge in [-0.2, -0.15) is 0 Å². The number of aromatic nitrogens is 1. The Bertz CT molecular complexity index is 2270. The van der Waals surface area contributed by atoms with Crippen molar-refractivity contribution >= 4 is 27.8 Å². The Kier molecular flexibility index (Phi) is 6.80. The minimum atomic E-state index is 0.797. The lowest BCUT2D eigenvalue weighted by Crippen LogP contribution is -2.11. The number of pyridine rings is 1. The van der Waals surface area contributed by atoms with Crippen molar-refractivity contribution in [3.05, 3.63) is 182 Å². The smallest absolute Gasteiger partial charge is 0.138 e. The quantitative estimate of drug-likeness (QED) is 0.193. The molecular weight excluding hydrogens is 585 g/mol. The molecule has 1 aliphatic heterocycles. The molecule has 48 heavy (non-hydrogen) atoms. The van der Waals surface area contributed by atoms with Crippen molar-refractivity contribution in [2.45, 2.75) is 0 Å². The molecule has 0 spiro atoms. The van der Waals surface area contributed by atoms with Gasteiger partial charge in [0, 0.05) is 40.3 Å². The second-order valence-electron chi connectivity index (χ2n) is 12.0. The standard InChI is InChI=1S/C45H30N2O/c1-3-10-31(11-4-1)33-18-22-35(23-19-33)47(36-24-20-34(21-25-36)32-12-5-2-6-13-32)42-27-26-39-41-30-46-29-28-44(41)48-43-17-8-7-14-37(43)38-15-9-16-40(42)45(38)39/h1-30H. The van der Waals surface area contributed by atoms with E-state index in [1.54, 1.807) is 6.20 Å². The number of hydrogen-bond acceptors (Lipinski definition) is 3. The molecule has 7 aromatic carbocycles. The van der Waals surface area contributed by atoms with Crippen LogP contribution in [0.5, 0.6) is 11.5 Å². The zero-order chi connectivity index (χ0) is 31.9. The van der Waals surface area contributed by atoms with E-state index in [0.29, 0.717) is 0 Å². The molecule has 0 unspecified atom stereocenters. The van der Waals surface area contributed by atoms with Crippen LogP contribution in [0.1, 0.15) is 0 Å². The molecule has 0 amide bonds. The number of rotatable bonds is 5. The van der Waals surface area contributed by atoms with E-state index in [0.717, 1.165) is 56.2 Å². The van der Waals surface area contributed by atoms with E-state index in [1.165, 1.54) is 27.6 Å². The molecule has 0 aliphatic carbocycles. The van der Waals surface area contributed by atoms with E-state index in [-0.39, 0.29) is 0 Å². The summed E-state index contributed by atoms with van der Waals surface area (Å²) in [5.41, 5.74) is 12.3. The lowest BCUT2D eigenvalue weighted by molar-refractivity contribution is 0.485. The fraction of sp³-hybridized carbons (Fsp3) is 0. The molecular formula is C45H30N2O. The number of anilines is 3. The van der Waals surface area contributed by atoms with Gasteiger partial charge in [-0.25, -0.2) is 0 Å². The van der Waals surface area contributed by atoms with E-state index in [1.807, 2.05) is 24.4 Å². The summed E-state index contributed by atoms with van der Waals surface area (Å²) < 4.78 is 6.53. The van der Waals surface area contributed by atoms with Crippen LogP contribution in [0.4, 0.5) is 17.1 Å². The Labute approximate surface area is 280 Å². The van der Waals surface area contributed by atoms with Gasteiger partial charge in [-0.1, -0.05) is 127 Å². The average Bonchev–Trinajstić information content (AvgIpc) is 3.16. The van der Waals surface area contributed by atoms with E-state index < -0.39 is 0 Å². The van der Waals surface area contributed by atoms with Gasteiger partial charge in [0.1, 0.15) is 11.5 Å². The third-order valence-corrected chi connectivity index (χ3v) is 9.19. The van der Waals surface area contributed by atoms with Crippen LogP contribution in [0.2, 0.25) is 0 Å². The van der Waals surface area contributed by atoms with Crippen LogP contribution in [0, 0.1) is 0 Å². The number of hydrogen-bond donors (Lipinski definition) is 0. The SMILES string of the molecule is c1ccc(-c2ccc(N(c3ccc(-c4ccccc4)cc3)c3ccc4c5c(cccc35)-c3ccccc3Oc3ccncc3-4)cc2)cc1. The second-order valence-corrected chi connectivity index (χ2v) is 12.0. The maximum Gasteiger partial charge on any atom is 0.138 e. The molecule has 0 radical (unpaired) electrons. The summed E-state index contributed by atoms with van der Waals surface area (Å²) in [6, 6.07) is 60.1. The largest absolute Gasteiger partial charge is 0.456 e. The number of fused-ring (bicyclic) bond motifs is 4. The first kappa shape index (κ1) is 27.8. The van der Waals surface area contributed by atoms with Gasteiger partial charge in [-0.15, -0.1) is 0 Å². The molecule has 0 N–H and O–H groups in total. The predicted molar refractivity (Wildman–Crippen MR) is 198 cm³/mol. The van der Waals surface area contributed by atoms with Crippen LogP contribution in [0.15, 0.2) is 182 Å². The number of para-hydroxylation sites is 1. The first-order valence-electron chi connectivity index (χ1n) is 16.2. The molecule has 0 saturated heterocycles. The monoisotopic (exact) mass is 614 g/mol. The first-order valence-corrected chi connectivity index (χ1v) is 16.2. The summed E-state index contributed by atoms with van der Waals surface area (Å²) in [6.07, 6.45) is 3.71. The highest BCUT2D eigenvalue weighted by Crippen LogP contribution is 2.50. The zero-order valence-electron chi connectivity index (χ0n) is 26.1. The summed E-state index contributed by atoms with van der Waals surface area (Å²) in [5, 5.41) is 2.32. The Hall–Kier alpha value is -6.45. The normalized spacial score (nSPS) is 11.5. The van der Waals surface area contributed by atoms with Crippen molar-refractivity contribution in [2.24, 2.45) is 0 Å². The summed E-state index contributed by atoms with van der Waals surface area (Å²) in [4.78, 5) is 6.89. The lowest BCUT2D eigenvalue weighted by Gasteiger charge is -2.29. The molecule has 1 aliphatic rings. The molecule has 0 bridgehead atoms. The maximum absolute atomic E-state index is 6.53. The van der Waals surface area contributed by atoms with Crippen LogP contribution in [0.25, 0.3) is 55.3 Å². The van der Waals surface area contributed by atoms with E-state index in [4.69, 9.17) is 4.74 Å². The Balaban J connectivity index is 1.28. The van der Waals surface area contributed by atoms with Gasteiger partial charge in [0.2, 0.25) is 0 Å². The third-order valence-electron chi connectivity index (χ3n) is 9.19. The topological polar surface area (TPSA) is 25.4 Å². The van der Waals surface area contributed by atoms with Crippen LogP contribution in [-0.4, -0.2) is 4.98 Å². The predicted octanol–water partition coefficient (Wildman–Crippen LogP) is 12.5. The first-order chi connectivity index (χ1) is 23.8. The molecule has 2 heterocycles. The molecule has 0 fully saturated rings. The Morgan fingerprint density at radius 2 is 0.938 bits per heavy atom. The van der Waals surface area contributed by atoms with Crippen molar-refractivity contribution in [3.8, 4) is 56.0 Å². The highest BCUT2D eigenvalue weighted by Gasteiger charge is 2.24. The van der Waals surface area contributed by atoms with Crippen LogP contribution in [0.3, 0.4) is 0 Å². The summed E-state index contributed by atoms with van der Waals surface area (Å²) >= 11 is 0. The van der Waals surface area contributed by atoms with Gasteiger partial charge >= 0.3 is 0 Å². The number of ether oxygens (including phenoxy) is 1. The molecule has 8 aromatic rings. The Morgan fingerprint density at radius 3 is 1.60 bits per heavy atom. The molecule has 3 heteroatoms. The number of nitrogens with zero attached hydrogens (tertiary/aromatic N) is 2. The fourth-order valence-electron chi connectivity index (χ4n) is 6.90. The van der Waals surface area contributed by atoms with E-state index in [2.05, 4.69) is 162 Å². The van der Waals surface area contributed by atoms with Crippen LogP contribution in [-0.2, 0) is 0 Å². The second kappa shape index (κ2) is 11.7. The molecule has 0 atom stereocenters. The van der Waals surface area contributed by atoms with E-state index >= 15 is 0 Å². The molecule has 226 valence electrons. The fourth-order valence-corrected chi connectivity index (χ4v) is 6.90. The highest BCUT2D eigenvalue weighted by molar-refractivity contribution is 6.14. The molecule has 0 saturated carbocycles. The summed E-state index contributed by atoms with van der Waals surface area (Å²) in [7, 11) is 0. The minimum absolute atomic E-state index is 0.797. The van der Waals surface area contributed by atoms with Crippen LogP contribution < -0.4 is 9.64 Å². The van der Waals surface area contributed by atoms with Gasteiger partial charge in [0.25, 0.3) is 0 Å². The molecule has 3 nitrogen and oxygen atoms in total. The average molecular weight is 615 g/mol. The van der Waals surface area contributed by atoms with E-state index in [9.17, 15) is 0 Å². The zero-order valence-corrected chi connectivity index (χ0v) is 26.1. The van der Waals surface area contributed by atoms with Crippen molar-refractivity contribution < 1.29 is 4.74 Å². The number of benzene rings is 7. The van der Waals surface area contributed by atoms with Crippen molar-refractivity contribution in [3.63, 3.8) is 0 Å². The van der Waals surface area contributed by atoms with Gasteiger partial charge in [0.15, 0.2) is 0 Å². The van der Waals surface area contributed by atoms with Gasteiger partial charge < -0.3 is 9.64 Å². The van der Waals surface area contributed by atoms with Crippen molar-refractivity contribution in [2.75, 3.05) is 4.90 Å². The molecule has 1 aromatic heterocycles. The third kappa shape index (κ3) is 4.81. The van der Waals surface area contributed by atoms with Gasteiger partial charge in [-0.3, -0.25) is 4.98 Å². The highest BCUT2D eigenvalue weighted by atomic mass is 16.5. The van der Waals surface area contributed by atoms with Crippen LogP contribution >= 0.6 is 0 Å². The van der Waals surface area contributed by atoms with Crippen molar-refractivity contribution in [1.82, 2.24) is 4.98 Å². The van der Waals surface area contributed by atoms with Gasteiger partial charge in [-0.05, 0) is 81.2 Å². The van der Waals surface area contributed by atoms with Crippen molar-refractivity contribution in [1.29, 1.82) is 0 Å². The van der Waals surface area contributed by atoms with Gasteiger partial charge in [0.05, 0.1) is 5.69 Å².